The maximum Gasteiger partial charge on any atom is 0.326 e. The fraction of sp³-hybridized carbons (Fsp3) is 0.750. The standard InChI is InChI=1S/C20H39N7O6/c1-10(2)8-12(21)16(29)25-13(6-5-7-24-20(22)23)17(30)26-14(9-28)18(31)27-15(11(3)4)19(32)33/h10-15,28H,5-9,21H2,1-4H3,(H,25,29)(H,26,30)(H,27,31)(H,32,33)(H4,22,23,24). The van der Waals surface area contributed by atoms with Crippen LogP contribution in [0.15, 0.2) is 4.99 Å². The fourth-order valence-electron chi connectivity index (χ4n) is 2.90. The minimum absolute atomic E-state index is 0.117. The van der Waals surface area contributed by atoms with Gasteiger partial charge in [0.1, 0.15) is 18.1 Å². The number of hydrogen-bond donors (Lipinski definition) is 8. The zero-order valence-corrected chi connectivity index (χ0v) is 19.7. The molecule has 0 heterocycles. The van der Waals surface area contributed by atoms with Gasteiger partial charge < -0.3 is 43.4 Å². The largest absolute Gasteiger partial charge is 0.480 e. The maximum absolute atomic E-state index is 12.8. The van der Waals surface area contributed by atoms with Gasteiger partial charge in [-0.1, -0.05) is 27.7 Å². The Labute approximate surface area is 193 Å². The van der Waals surface area contributed by atoms with Gasteiger partial charge in [-0.05, 0) is 31.1 Å². The summed E-state index contributed by atoms with van der Waals surface area (Å²) in [6.07, 6.45) is 0.869. The van der Waals surface area contributed by atoms with E-state index in [-0.39, 0.29) is 24.8 Å². The van der Waals surface area contributed by atoms with Crippen molar-refractivity contribution >= 4 is 29.7 Å². The number of guanidine groups is 1. The third-order valence-electron chi connectivity index (χ3n) is 4.69. The number of carboxylic acids is 1. The molecule has 0 bridgehead atoms. The van der Waals surface area contributed by atoms with E-state index in [9.17, 15) is 29.4 Å². The first kappa shape index (κ1) is 30.1. The SMILES string of the molecule is CC(C)CC(N)C(=O)NC(CCCN=C(N)N)C(=O)NC(CO)C(=O)NC(C(=O)O)C(C)C. The van der Waals surface area contributed by atoms with Gasteiger partial charge in [-0.15, -0.1) is 0 Å². The number of aliphatic hydroxyl groups is 1. The Morgan fingerprint density at radius 1 is 0.909 bits per heavy atom. The minimum atomic E-state index is -1.42. The van der Waals surface area contributed by atoms with E-state index in [0.717, 1.165) is 0 Å². The van der Waals surface area contributed by atoms with Crippen LogP contribution in [0, 0.1) is 11.8 Å². The monoisotopic (exact) mass is 473 g/mol. The Morgan fingerprint density at radius 2 is 1.45 bits per heavy atom. The fourth-order valence-corrected chi connectivity index (χ4v) is 2.90. The van der Waals surface area contributed by atoms with Crippen LogP contribution in [0.25, 0.3) is 0 Å². The summed E-state index contributed by atoms with van der Waals surface area (Å²) in [5, 5.41) is 26.0. The molecule has 4 unspecified atom stereocenters. The molecule has 0 saturated carbocycles. The predicted molar refractivity (Wildman–Crippen MR) is 123 cm³/mol. The molecule has 13 nitrogen and oxygen atoms in total. The second-order valence-corrected chi connectivity index (χ2v) is 8.56. The highest BCUT2D eigenvalue weighted by atomic mass is 16.4. The maximum atomic E-state index is 12.8. The number of aliphatic imine (C=N–C) groups is 1. The number of amides is 3. The summed E-state index contributed by atoms with van der Waals surface area (Å²) in [4.78, 5) is 52.8. The van der Waals surface area contributed by atoms with Gasteiger partial charge in [0.2, 0.25) is 17.7 Å². The third kappa shape index (κ3) is 12.0. The van der Waals surface area contributed by atoms with Crippen molar-refractivity contribution in [1.29, 1.82) is 0 Å². The molecule has 0 aliphatic heterocycles. The molecule has 190 valence electrons. The zero-order valence-electron chi connectivity index (χ0n) is 19.7. The molecule has 0 spiro atoms. The van der Waals surface area contributed by atoms with Crippen molar-refractivity contribution in [3.05, 3.63) is 0 Å². The summed E-state index contributed by atoms with van der Waals surface area (Å²) in [6, 6.07) is -4.53. The van der Waals surface area contributed by atoms with Crippen LogP contribution in [0.5, 0.6) is 0 Å². The summed E-state index contributed by atoms with van der Waals surface area (Å²) in [7, 11) is 0. The van der Waals surface area contributed by atoms with Crippen LogP contribution in [0.3, 0.4) is 0 Å². The van der Waals surface area contributed by atoms with Crippen LogP contribution >= 0.6 is 0 Å². The van der Waals surface area contributed by atoms with E-state index < -0.39 is 60.4 Å². The number of hydrogen-bond acceptors (Lipinski definition) is 7. The number of aliphatic carboxylic acids is 1. The third-order valence-corrected chi connectivity index (χ3v) is 4.69. The first-order valence-corrected chi connectivity index (χ1v) is 10.9. The molecule has 0 radical (unpaired) electrons. The zero-order chi connectivity index (χ0) is 25.7. The Hall–Kier alpha value is -2.93. The Kier molecular flexibility index (Phi) is 13.7. The Morgan fingerprint density at radius 3 is 1.91 bits per heavy atom. The summed E-state index contributed by atoms with van der Waals surface area (Å²) in [6.45, 7) is 6.45. The van der Waals surface area contributed by atoms with Crippen molar-refractivity contribution in [3.8, 4) is 0 Å². The quantitative estimate of drug-likeness (QED) is 0.0717. The van der Waals surface area contributed by atoms with E-state index in [1.807, 2.05) is 13.8 Å². The molecule has 4 atom stereocenters. The number of carbonyl (C=O) groups excluding carboxylic acids is 3. The molecule has 0 aromatic rings. The summed E-state index contributed by atoms with van der Waals surface area (Å²) in [5.74, 6) is -3.78. The van der Waals surface area contributed by atoms with E-state index in [1.165, 1.54) is 0 Å². The minimum Gasteiger partial charge on any atom is -0.480 e. The van der Waals surface area contributed by atoms with Gasteiger partial charge in [-0.2, -0.15) is 0 Å². The van der Waals surface area contributed by atoms with Gasteiger partial charge in [-0.25, -0.2) is 4.79 Å². The van der Waals surface area contributed by atoms with Crippen LogP contribution in [0.1, 0.15) is 47.0 Å². The summed E-state index contributed by atoms with van der Waals surface area (Å²) >= 11 is 0. The molecule has 13 heteroatoms. The van der Waals surface area contributed by atoms with Crippen molar-refractivity contribution in [2.75, 3.05) is 13.2 Å². The molecular weight excluding hydrogens is 434 g/mol. The lowest BCUT2D eigenvalue weighted by Gasteiger charge is -2.25. The molecule has 0 aliphatic carbocycles. The van der Waals surface area contributed by atoms with E-state index in [2.05, 4.69) is 20.9 Å². The molecule has 0 aromatic heterocycles. The van der Waals surface area contributed by atoms with Crippen molar-refractivity contribution in [2.24, 2.45) is 34.0 Å². The highest BCUT2D eigenvalue weighted by Crippen LogP contribution is 2.06. The van der Waals surface area contributed by atoms with Gasteiger partial charge >= 0.3 is 5.97 Å². The molecular formula is C20H39N7O6. The molecule has 0 saturated heterocycles. The molecule has 11 N–H and O–H groups in total. The van der Waals surface area contributed by atoms with Gasteiger partial charge in [0.25, 0.3) is 0 Å². The highest BCUT2D eigenvalue weighted by molar-refractivity contribution is 5.94. The number of nitrogens with one attached hydrogen (secondary N) is 3. The molecule has 0 rings (SSSR count). The smallest absolute Gasteiger partial charge is 0.326 e. The first-order chi connectivity index (χ1) is 15.3. The summed E-state index contributed by atoms with van der Waals surface area (Å²) < 4.78 is 0. The van der Waals surface area contributed by atoms with Crippen molar-refractivity contribution in [2.45, 2.75) is 71.1 Å². The number of aliphatic hydroxyl groups excluding tert-OH is 1. The number of nitrogens with zero attached hydrogens (tertiary/aromatic N) is 1. The van der Waals surface area contributed by atoms with Crippen molar-refractivity contribution in [3.63, 3.8) is 0 Å². The highest BCUT2D eigenvalue weighted by Gasteiger charge is 2.31. The van der Waals surface area contributed by atoms with Crippen molar-refractivity contribution < 1.29 is 29.4 Å². The van der Waals surface area contributed by atoms with Gasteiger partial charge in [0.15, 0.2) is 5.96 Å². The lowest BCUT2D eigenvalue weighted by molar-refractivity contribution is -0.143. The van der Waals surface area contributed by atoms with Crippen LogP contribution in [-0.2, 0) is 19.2 Å². The van der Waals surface area contributed by atoms with Crippen molar-refractivity contribution in [1.82, 2.24) is 16.0 Å². The normalized spacial score (nSPS) is 14.7. The second-order valence-electron chi connectivity index (χ2n) is 8.56. The second kappa shape index (κ2) is 15.0. The first-order valence-electron chi connectivity index (χ1n) is 10.9. The molecule has 0 aliphatic rings. The Bertz CT molecular complexity index is 694. The average Bonchev–Trinajstić information content (AvgIpc) is 2.70. The predicted octanol–water partition coefficient (Wildman–Crippen LogP) is -2.40. The van der Waals surface area contributed by atoms with Gasteiger partial charge in [0, 0.05) is 6.54 Å². The number of carbonyl (C=O) groups is 4. The molecule has 33 heavy (non-hydrogen) atoms. The van der Waals surface area contributed by atoms with Crippen LogP contribution < -0.4 is 33.2 Å². The number of carboxylic acid groups (broad SMARTS) is 1. The van der Waals surface area contributed by atoms with Crippen LogP contribution in [0.2, 0.25) is 0 Å². The van der Waals surface area contributed by atoms with E-state index >= 15 is 0 Å². The topological polar surface area (TPSA) is 235 Å². The van der Waals surface area contributed by atoms with Crippen LogP contribution in [-0.4, -0.2) is 77.2 Å². The van der Waals surface area contributed by atoms with Gasteiger partial charge in [0.05, 0.1) is 12.6 Å². The van der Waals surface area contributed by atoms with Gasteiger partial charge in [-0.3, -0.25) is 19.4 Å². The Balaban J connectivity index is 5.35. The molecule has 0 aromatic carbocycles. The number of rotatable bonds is 15. The summed E-state index contributed by atoms with van der Waals surface area (Å²) in [5.41, 5.74) is 16.5. The van der Waals surface area contributed by atoms with E-state index in [4.69, 9.17) is 17.2 Å². The molecule has 0 fully saturated rings. The average molecular weight is 474 g/mol. The van der Waals surface area contributed by atoms with E-state index in [1.54, 1.807) is 13.8 Å². The van der Waals surface area contributed by atoms with E-state index in [0.29, 0.717) is 12.8 Å². The number of nitrogens with two attached hydrogens (primary N) is 3. The lowest BCUT2D eigenvalue weighted by Crippen LogP contribution is -2.58. The van der Waals surface area contributed by atoms with Crippen LogP contribution in [0.4, 0.5) is 0 Å². The lowest BCUT2D eigenvalue weighted by atomic mass is 10.0. The molecule has 3 amide bonds.